The summed E-state index contributed by atoms with van der Waals surface area (Å²) in [6.45, 7) is 3.92. The van der Waals surface area contributed by atoms with Gasteiger partial charge in [-0.2, -0.15) is 0 Å². The van der Waals surface area contributed by atoms with E-state index in [9.17, 15) is 18.9 Å². The third kappa shape index (κ3) is 10.0. The molecule has 17 heteroatoms. The van der Waals surface area contributed by atoms with Gasteiger partial charge in [-0.15, -0.1) is 0 Å². The molecule has 3 atom stereocenters. The van der Waals surface area contributed by atoms with Crippen molar-refractivity contribution in [3.8, 4) is 23.0 Å². The van der Waals surface area contributed by atoms with Gasteiger partial charge in [0.1, 0.15) is 5.03 Å². The summed E-state index contributed by atoms with van der Waals surface area (Å²) in [5.41, 5.74) is 1.84. The lowest BCUT2D eigenvalue weighted by atomic mass is 10.0. The van der Waals surface area contributed by atoms with Crippen LogP contribution in [-0.4, -0.2) is 123 Å². The molecule has 4 aliphatic rings. The maximum atomic E-state index is 14.1. The van der Waals surface area contributed by atoms with Crippen molar-refractivity contribution in [1.29, 1.82) is 0 Å². The first-order valence-corrected chi connectivity index (χ1v) is 24.6. The third-order valence-electron chi connectivity index (χ3n) is 11.0. The van der Waals surface area contributed by atoms with Gasteiger partial charge in [-0.05, 0) is 80.5 Å². The van der Waals surface area contributed by atoms with Crippen molar-refractivity contribution in [1.82, 2.24) is 14.8 Å². The molecular formula is C42H52N5O9PS2. The molecule has 5 heterocycles. The van der Waals surface area contributed by atoms with Crippen LogP contribution < -0.4 is 23.8 Å². The lowest BCUT2D eigenvalue weighted by molar-refractivity contribution is -0.118. The second-order valence-corrected chi connectivity index (χ2v) is 19.9. The Bertz CT molecular complexity index is 2080. The number of nitrogens with zero attached hydrogens (tertiary/aromatic N) is 5. The van der Waals surface area contributed by atoms with Crippen LogP contribution >= 0.6 is 29.0 Å². The lowest BCUT2D eigenvalue weighted by Crippen LogP contribution is -2.43. The quantitative estimate of drug-likeness (QED) is 0.0699. The molecule has 0 N–H and O–H groups in total. The number of benzene rings is 2. The fraction of sp³-hybridized carbons (Fsp3) is 0.500. The molecule has 2 aromatic carbocycles. The Morgan fingerprint density at radius 3 is 2.31 bits per heavy atom. The maximum absolute atomic E-state index is 14.1. The average Bonchev–Trinajstić information content (AvgIpc) is 3.90. The van der Waals surface area contributed by atoms with Crippen molar-refractivity contribution in [2.24, 2.45) is 4.99 Å². The molecule has 3 unspecified atom stereocenters. The van der Waals surface area contributed by atoms with Crippen LogP contribution in [-0.2, 0) is 13.9 Å². The number of rotatable bonds is 18. The lowest BCUT2D eigenvalue weighted by Gasteiger charge is -2.34. The van der Waals surface area contributed by atoms with Gasteiger partial charge in [-0.1, -0.05) is 16.9 Å². The Labute approximate surface area is 353 Å². The van der Waals surface area contributed by atoms with Gasteiger partial charge in [0.2, 0.25) is 13.3 Å². The highest BCUT2D eigenvalue weighted by atomic mass is 33.1. The number of carbonyl (C=O) groups is 3. The van der Waals surface area contributed by atoms with Crippen LogP contribution in [0.2, 0.25) is 0 Å². The van der Waals surface area contributed by atoms with Crippen LogP contribution in [0.25, 0.3) is 0 Å². The predicted octanol–water partition coefficient (Wildman–Crippen LogP) is 7.75. The van der Waals surface area contributed by atoms with Gasteiger partial charge in [-0.3, -0.25) is 23.9 Å². The number of pyridine rings is 1. The highest BCUT2D eigenvalue weighted by Crippen LogP contribution is 2.47. The van der Waals surface area contributed by atoms with Crippen LogP contribution in [0.5, 0.6) is 23.0 Å². The fourth-order valence-corrected chi connectivity index (χ4v) is 11.7. The Balaban J connectivity index is 1.02. The Hall–Kier alpha value is -4.24. The molecule has 316 valence electrons. The number of anilines is 1. The van der Waals surface area contributed by atoms with E-state index < -0.39 is 7.37 Å². The summed E-state index contributed by atoms with van der Waals surface area (Å²) in [4.78, 5) is 55.7. The molecule has 59 heavy (non-hydrogen) atoms. The molecule has 1 aromatic heterocycles. The van der Waals surface area contributed by atoms with Crippen molar-refractivity contribution in [2.75, 3.05) is 76.7 Å². The number of aliphatic imine (C=N–C) groups is 1. The van der Waals surface area contributed by atoms with Gasteiger partial charge in [-0.25, -0.2) is 4.98 Å². The molecule has 0 bridgehead atoms. The van der Waals surface area contributed by atoms with E-state index in [0.717, 1.165) is 36.5 Å². The normalized spacial score (nSPS) is 19.5. The van der Waals surface area contributed by atoms with Crippen molar-refractivity contribution in [3.05, 3.63) is 59.8 Å². The number of ether oxygens (including phenoxy) is 4. The van der Waals surface area contributed by atoms with Gasteiger partial charge < -0.3 is 38.2 Å². The first-order valence-electron chi connectivity index (χ1n) is 20.3. The fourth-order valence-electron chi connectivity index (χ4n) is 8.03. The molecule has 4 aliphatic heterocycles. The number of amides is 3. The first-order chi connectivity index (χ1) is 28.7. The third-order valence-corrected chi connectivity index (χ3v) is 15.8. The monoisotopic (exact) mass is 865 g/mol. The van der Waals surface area contributed by atoms with E-state index in [0.29, 0.717) is 84.4 Å². The van der Waals surface area contributed by atoms with Crippen LogP contribution in [0, 0.1) is 0 Å². The predicted molar refractivity (Wildman–Crippen MR) is 231 cm³/mol. The first kappa shape index (κ1) is 42.9. The number of aromatic nitrogens is 1. The molecule has 0 saturated carbocycles. The number of carbonyl (C=O) groups excluding carboxylic acids is 3. The molecule has 3 aromatic rings. The summed E-state index contributed by atoms with van der Waals surface area (Å²) in [6.07, 6.45) is 9.07. The highest BCUT2D eigenvalue weighted by Gasteiger charge is 2.37. The van der Waals surface area contributed by atoms with Crippen molar-refractivity contribution in [3.63, 3.8) is 0 Å². The van der Waals surface area contributed by atoms with Crippen molar-refractivity contribution in [2.45, 2.75) is 69.0 Å². The largest absolute Gasteiger partial charge is 0.493 e. The van der Waals surface area contributed by atoms with E-state index in [2.05, 4.69) is 9.98 Å². The number of hydrogen-bond donors (Lipinski definition) is 0. The van der Waals surface area contributed by atoms with Crippen molar-refractivity contribution < 1.29 is 42.4 Å². The van der Waals surface area contributed by atoms with Crippen LogP contribution in [0.4, 0.5) is 11.4 Å². The summed E-state index contributed by atoms with van der Waals surface area (Å²) >= 11 is 0. The topological polar surface area (TPSA) is 149 Å². The van der Waals surface area contributed by atoms with E-state index in [1.165, 1.54) is 14.2 Å². The molecule has 2 fully saturated rings. The van der Waals surface area contributed by atoms with Gasteiger partial charge in [0, 0.05) is 62.4 Å². The Morgan fingerprint density at radius 2 is 1.58 bits per heavy atom. The highest BCUT2D eigenvalue weighted by molar-refractivity contribution is 8.76. The molecule has 14 nitrogen and oxygen atoms in total. The number of methoxy groups -OCH3 is 2. The zero-order valence-corrected chi connectivity index (χ0v) is 36.4. The summed E-state index contributed by atoms with van der Waals surface area (Å²) in [6, 6.07) is 12.6. The van der Waals surface area contributed by atoms with Crippen molar-refractivity contribution >= 4 is 64.3 Å². The number of hydrogen-bond acceptors (Lipinski definition) is 13. The standard InChI is InChI=1S/C42H52N5O9PS2/c1-4-56-57(51,21-19-54-37-26-33-31(24-35(37)52-2)41(49)46-17-8-11-30(46)28-44-33)22-20-55-38-27-34-32(25-36(38)53-3)42(50)45-16-7-10-29(45)14-18-47(34)40(48)13-9-23-58-59-39-12-5-6-15-43-39/h5-6,12,15,24-30H,4,7-11,13-14,16-23H2,1-3H3. The van der Waals surface area contributed by atoms with Gasteiger partial charge in [0.15, 0.2) is 23.0 Å². The second-order valence-electron chi connectivity index (χ2n) is 14.7. The van der Waals surface area contributed by atoms with Gasteiger partial charge >= 0.3 is 0 Å². The SMILES string of the molecule is CCOP(=O)(CCOc1cc2c(cc1OC)C(=O)N1CCCC1C=N2)CCOc1cc2c(cc1OC)C(=O)N1CCCC1CCN2C(=O)CCCSSc1ccccn1. The molecule has 3 amide bonds. The van der Waals surface area contributed by atoms with Crippen LogP contribution in [0.1, 0.15) is 72.6 Å². The minimum Gasteiger partial charge on any atom is -0.493 e. The van der Waals surface area contributed by atoms with E-state index >= 15 is 0 Å². The van der Waals surface area contributed by atoms with Gasteiger partial charge in [0.05, 0.1) is 74.9 Å². The smallest absolute Gasteiger partial charge is 0.256 e. The van der Waals surface area contributed by atoms with E-state index in [1.807, 2.05) is 34.2 Å². The minimum absolute atomic E-state index is 0.0182. The van der Waals surface area contributed by atoms with Crippen LogP contribution in [0.3, 0.4) is 0 Å². The second kappa shape index (κ2) is 19.9. The molecule has 0 spiro atoms. The summed E-state index contributed by atoms with van der Waals surface area (Å²) in [7, 11) is 2.99. The molecule has 0 radical (unpaired) electrons. The minimum atomic E-state index is -3.27. The average molecular weight is 866 g/mol. The Kier molecular flexibility index (Phi) is 14.4. The molecular weight excluding hydrogens is 814 g/mol. The molecule has 7 rings (SSSR count). The number of fused-ring (bicyclic) bond motifs is 4. The summed E-state index contributed by atoms with van der Waals surface area (Å²) in [5.74, 6) is 1.95. The Morgan fingerprint density at radius 1 is 0.864 bits per heavy atom. The van der Waals surface area contributed by atoms with E-state index in [4.69, 9.17) is 23.5 Å². The van der Waals surface area contributed by atoms with Gasteiger partial charge in [0.25, 0.3) is 11.8 Å². The maximum Gasteiger partial charge on any atom is 0.256 e. The molecule has 2 saturated heterocycles. The zero-order chi connectivity index (χ0) is 41.4. The van der Waals surface area contributed by atoms with E-state index in [1.54, 1.807) is 63.9 Å². The van der Waals surface area contributed by atoms with E-state index in [-0.39, 0.29) is 61.9 Å². The summed E-state index contributed by atoms with van der Waals surface area (Å²) < 4.78 is 43.7. The molecule has 0 aliphatic carbocycles. The van der Waals surface area contributed by atoms with Crippen LogP contribution in [0.15, 0.2) is 58.7 Å². The summed E-state index contributed by atoms with van der Waals surface area (Å²) in [5, 5.41) is 0.921. The zero-order valence-electron chi connectivity index (χ0n) is 33.8.